The molecule has 4 rings (SSSR count). The molecule has 2 aromatic rings. The monoisotopic (exact) mass is 353 g/mol. The van der Waals surface area contributed by atoms with Gasteiger partial charge < -0.3 is 15.1 Å². The van der Waals surface area contributed by atoms with E-state index < -0.39 is 0 Å². The van der Waals surface area contributed by atoms with Crippen molar-refractivity contribution in [2.24, 2.45) is 0 Å². The Balaban J connectivity index is 1.43. The predicted octanol–water partition coefficient (Wildman–Crippen LogP) is 2.60. The van der Waals surface area contributed by atoms with Gasteiger partial charge in [-0.05, 0) is 26.7 Å². The summed E-state index contributed by atoms with van der Waals surface area (Å²) in [5, 5.41) is 3.29. The van der Waals surface area contributed by atoms with Crippen molar-refractivity contribution in [3.63, 3.8) is 0 Å². The van der Waals surface area contributed by atoms with Gasteiger partial charge in [0.1, 0.15) is 18.0 Å². The second kappa shape index (κ2) is 7.43. The minimum absolute atomic E-state index is 0.642. The molecular weight excluding hydrogens is 326 g/mol. The van der Waals surface area contributed by atoms with Crippen molar-refractivity contribution in [3.8, 4) is 0 Å². The zero-order chi connectivity index (χ0) is 17.9. The van der Waals surface area contributed by atoms with Crippen LogP contribution in [0.3, 0.4) is 0 Å². The maximum atomic E-state index is 4.66. The average Bonchev–Trinajstić information content (AvgIpc) is 2.60. The van der Waals surface area contributed by atoms with E-state index in [1.807, 2.05) is 13.0 Å². The van der Waals surface area contributed by atoms with Crippen LogP contribution in [0.2, 0.25) is 0 Å². The minimum Gasteiger partial charge on any atom is -0.370 e. The number of aryl methyl sites for hydroxylation is 1. The molecule has 1 aliphatic carbocycles. The van der Waals surface area contributed by atoms with Crippen molar-refractivity contribution in [2.45, 2.75) is 39.0 Å². The van der Waals surface area contributed by atoms with Gasteiger partial charge in [-0.1, -0.05) is 6.42 Å². The summed E-state index contributed by atoms with van der Waals surface area (Å²) in [6.45, 7) is 8.61. The zero-order valence-corrected chi connectivity index (χ0v) is 15.6. The fourth-order valence-electron chi connectivity index (χ4n) is 3.56. The van der Waals surface area contributed by atoms with Gasteiger partial charge in [0.2, 0.25) is 5.95 Å². The van der Waals surface area contributed by atoms with Gasteiger partial charge in [-0.2, -0.15) is 4.98 Å². The second-order valence-corrected chi connectivity index (χ2v) is 7.13. The highest BCUT2D eigenvalue weighted by Crippen LogP contribution is 2.35. The van der Waals surface area contributed by atoms with Crippen LogP contribution in [-0.2, 0) is 0 Å². The summed E-state index contributed by atoms with van der Waals surface area (Å²) in [5.41, 5.74) is 2.20. The van der Waals surface area contributed by atoms with Gasteiger partial charge in [-0.15, -0.1) is 0 Å². The Morgan fingerprint density at radius 2 is 1.81 bits per heavy atom. The van der Waals surface area contributed by atoms with Crippen LogP contribution in [-0.4, -0.2) is 52.7 Å². The Morgan fingerprint density at radius 1 is 1.04 bits per heavy atom. The lowest BCUT2D eigenvalue weighted by Gasteiger charge is -2.36. The number of hydrogen-bond donors (Lipinski definition) is 1. The van der Waals surface area contributed by atoms with Crippen molar-refractivity contribution in [1.82, 2.24) is 19.9 Å². The third-order valence-corrected chi connectivity index (χ3v) is 5.28. The number of nitrogens with one attached hydrogen (secondary N) is 1. The van der Waals surface area contributed by atoms with Crippen LogP contribution in [0.1, 0.15) is 43.5 Å². The lowest BCUT2D eigenvalue weighted by Crippen LogP contribution is -2.47. The molecule has 1 aliphatic heterocycles. The molecule has 2 aromatic heterocycles. The summed E-state index contributed by atoms with van der Waals surface area (Å²) in [6, 6.07) is 4.18. The number of anilines is 3. The smallest absolute Gasteiger partial charge is 0.227 e. The van der Waals surface area contributed by atoms with Gasteiger partial charge in [0.15, 0.2) is 0 Å². The Labute approximate surface area is 154 Å². The molecular formula is C19H27N7. The molecule has 0 amide bonds. The molecule has 2 fully saturated rings. The Bertz CT molecular complexity index is 751. The van der Waals surface area contributed by atoms with Crippen LogP contribution < -0.4 is 15.1 Å². The highest BCUT2D eigenvalue weighted by atomic mass is 15.3. The fraction of sp³-hybridized carbons (Fsp3) is 0.579. The first-order chi connectivity index (χ1) is 12.7. The molecule has 3 heterocycles. The molecule has 2 aliphatic rings. The first-order valence-corrected chi connectivity index (χ1v) is 9.64. The second-order valence-electron chi connectivity index (χ2n) is 7.13. The molecule has 26 heavy (non-hydrogen) atoms. The highest BCUT2D eigenvalue weighted by Gasteiger charge is 2.24. The third-order valence-electron chi connectivity index (χ3n) is 5.28. The summed E-state index contributed by atoms with van der Waals surface area (Å²) in [4.78, 5) is 22.9. The standard InChI is InChI=1S/C19H27N7/c1-3-20-17-11-14(2)23-19(24-17)26-9-7-25(8-10-26)18-12-16(21-13-22-18)15-5-4-6-15/h11-13,15H,3-10H2,1-2H3,(H,20,23,24). The van der Waals surface area contributed by atoms with Gasteiger partial charge in [0.05, 0.1) is 0 Å². The molecule has 0 aromatic carbocycles. The molecule has 0 atom stereocenters. The maximum absolute atomic E-state index is 4.66. The molecule has 0 radical (unpaired) electrons. The topological polar surface area (TPSA) is 70.1 Å². The van der Waals surface area contributed by atoms with Crippen molar-refractivity contribution in [1.29, 1.82) is 0 Å². The van der Waals surface area contributed by atoms with E-state index in [2.05, 4.69) is 48.0 Å². The fourth-order valence-corrected chi connectivity index (χ4v) is 3.56. The molecule has 7 heteroatoms. The van der Waals surface area contributed by atoms with E-state index in [9.17, 15) is 0 Å². The Hall–Kier alpha value is -2.44. The van der Waals surface area contributed by atoms with Crippen LogP contribution in [0, 0.1) is 6.92 Å². The van der Waals surface area contributed by atoms with Crippen LogP contribution in [0.25, 0.3) is 0 Å². The van der Waals surface area contributed by atoms with Crippen LogP contribution in [0.5, 0.6) is 0 Å². The minimum atomic E-state index is 0.642. The lowest BCUT2D eigenvalue weighted by atomic mass is 9.83. The third kappa shape index (κ3) is 3.57. The summed E-state index contributed by atoms with van der Waals surface area (Å²) in [5.74, 6) is 3.42. The van der Waals surface area contributed by atoms with E-state index in [1.165, 1.54) is 25.0 Å². The van der Waals surface area contributed by atoms with E-state index in [4.69, 9.17) is 0 Å². The molecule has 1 saturated heterocycles. The highest BCUT2D eigenvalue weighted by molar-refractivity contribution is 5.46. The van der Waals surface area contributed by atoms with E-state index in [1.54, 1.807) is 6.33 Å². The average molecular weight is 353 g/mol. The van der Waals surface area contributed by atoms with Crippen LogP contribution in [0.4, 0.5) is 17.6 Å². The quantitative estimate of drug-likeness (QED) is 0.886. The molecule has 0 bridgehead atoms. The van der Waals surface area contributed by atoms with E-state index in [0.717, 1.165) is 56.0 Å². The van der Waals surface area contributed by atoms with Gasteiger partial charge in [0.25, 0.3) is 0 Å². The van der Waals surface area contributed by atoms with Crippen LogP contribution in [0.15, 0.2) is 18.5 Å². The molecule has 1 N–H and O–H groups in total. The van der Waals surface area contributed by atoms with Crippen molar-refractivity contribution >= 4 is 17.6 Å². The number of nitrogens with zero attached hydrogens (tertiary/aromatic N) is 6. The molecule has 1 saturated carbocycles. The van der Waals surface area contributed by atoms with Crippen molar-refractivity contribution in [3.05, 3.63) is 29.8 Å². The number of aromatic nitrogens is 4. The number of piperazine rings is 1. The first kappa shape index (κ1) is 17.0. The molecule has 0 unspecified atom stereocenters. The lowest BCUT2D eigenvalue weighted by molar-refractivity contribution is 0.410. The normalized spacial score (nSPS) is 17.9. The van der Waals surface area contributed by atoms with Gasteiger partial charge in [-0.3, -0.25) is 0 Å². The summed E-state index contributed by atoms with van der Waals surface area (Å²) >= 11 is 0. The number of rotatable bonds is 5. The predicted molar refractivity (Wildman–Crippen MR) is 104 cm³/mol. The molecule has 138 valence electrons. The number of hydrogen-bond acceptors (Lipinski definition) is 7. The van der Waals surface area contributed by atoms with Crippen LogP contribution >= 0.6 is 0 Å². The SMILES string of the molecule is CCNc1cc(C)nc(N2CCN(c3cc(C4CCC4)ncn3)CC2)n1. The van der Waals surface area contributed by atoms with E-state index >= 15 is 0 Å². The summed E-state index contributed by atoms with van der Waals surface area (Å²) < 4.78 is 0. The Morgan fingerprint density at radius 3 is 2.50 bits per heavy atom. The molecule has 7 nitrogen and oxygen atoms in total. The summed E-state index contributed by atoms with van der Waals surface area (Å²) in [6.07, 6.45) is 5.59. The van der Waals surface area contributed by atoms with Gasteiger partial charge in [0, 0.05) is 62.2 Å². The Kier molecular flexibility index (Phi) is 4.86. The molecule has 0 spiro atoms. The van der Waals surface area contributed by atoms with Crippen molar-refractivity contribution < 1.29 is 0 Å². The largest absolute Gasteiger partial charge is 0.370 e. The zero-order valence-electron chi connectivity index (χ0n) is 15.6. The van der Waals surface area contributed by atoms with E-state index in [0.29, 0.717) is 5.92 Å². The van der Waals surface area contributed by atoms with E-state index in [-0.39, 0.29) is 0 Å². The first-order valence-electron chi connectivity index (χ1n) is 9.64. The van der Waals surface area contributed by atoms with Crippen molar-refractivity contribution in [2.75, 3.05) is 47.8 Å². The maximum Gasteiger partial charge on any atom is 0.227 e. The summed E-state index contributed by atoms with van der Waals surface area (Å²) in [7, 11) is 0. The van der Waals surface area contributed by atoms with Gasteiger partial charge >= 0.3 is 0 Å². The van der Waals surface area contributed by atoms with Gasteiger partial charge in [-0.25, -0.2) is 15.0 Å².